The zero-order chi connectivity index (χ0) is 20.6. The summed E-state index contributed by atoms with van der Waals surface area (Å²) in [5, 5.41) is 3.95. The normalized spacial score (nSPS) is 21.4. The number of amides is 3. The molecule has 1 aliphatic heterocycles. The van der Waals surface area contributed by atoms with Crippen molar-refractivity contribution in [3.8, 4) is 0 Å². The van der Waals surface area contributed by atoms with E-state index in [2.05, 4.69) is 18.3 Å². The molecule has 3 amide bonds. The van der Waals surface area contributed by atoms with Crippen LogP contribution in [0.2, 0.25) is 0 Å². The van der Waals surface area contributed by atoms with Gasteiger partial charge in [-0.05, 0) is 31.0 Å². The first-order chi connectivity index (χ1) is 14.0. The monoisotopic (exact) mass is 409 g/mol. The summed E-state index contributed by atoms with van der Waals surface area (Å²) in [6, 6.07) is 17.2. The molecule has 3 aromatic rings. The number of para-hydroxylation sites is 1. The molecule has 3 atom stereocenters. The number of imide groups is 1. The molecule has 7 heteroatoms. The SMILES string of the molecule is CC[C@]1(c2ccccc2)NC(=O)N(C[NH+](C)[C@@H](C)c2nc3ccccc3s2)C1=O. The van der Waals surface area contributed by atoms with Crippen LogP contribution in [0.3, 0.4) is 0 Å². The fourth-order valence-electron chi connectivity index (χ4n) is 3.80. The minimum Gasteiger partial charge on any atom is -0.319 e. The summed E-state index contributed by atoms with van der Waals surface area (Å²) in [6.45, 7) is 4.29. The third-order valence-electron chi connectivity index (χ3n) is 5.80. The molecule has 6 nitrogen and oxygen atoms in total. The maximum absolute atomic E-state index is 13.3. The first-order valence-electron chi connectivity index (χ1n) is 9.83. The van der Waals surface area contributed by atoms with E-state index in [-0.39, 0.29) is 24.6 Å². The Hall–Kier alpha value is -2.77. The van der Waals surface area contributed by atoms with Crippen LogP contribution in [0.1, 0.15) is 36.9 Å². The molecule has 150 valence electrons. The van der Waals surface area contributed by atoms with Crippen molar-refractivity contribution in [2.75, 3.05) is 13.7 Å². The maximum atomic E-state index is 13.3. The van der Waals surface area contributed by atoms with Crippen LogP contribution in [0.5, 0.6) is 0 Å². The summed E-state index contributed by atoms with van der Waals surface area (Å²) in [5.74, 6) is -0.188. The number of carbonyl (C=O) groups is 2. The smallest absolute Gasteiger partial charge is 0.319 e. The number of quaternary nitrogens is 1. The van der Waals surface area contributed by atoms with Gasteiger partial charge >= 0.3 is 6.03 Å². The van der Waals surface area contributed by atoms with E-state index in [0.29, 0.717) is 6.42 Å². The van der Waals surface area contributed by atoms with Crippen LogP contribution in [0, 0.1) is 0 Å². The quantitative estimate of drug-likeness (QED) is 0.615. The predicted octanol–water partition coefficient (Wildman–Crippen LogP) is 2.69. The Morgan fingerprint density at radius 2 is 1.83 bits per heavy atom. The lowest BCUT2D eigenvalue weighted by molar-refractivity contribution is -0.917. The highest BCUT2D eigenvalue weighted by Crippen LogP contribution is 2.32. The van der Waals surface area contributed by atoms with Crippen molar-refractivity contribution in [3.63, 3.8) is 0 Å². The summed E-state index contributed by atoms with van der Waals surface area (Å²) >= 11 is 1.66. The minimum atomic E-state index is -0.988. The number of rotatable bonds is 6. The average Bonchev–Trinajstić information content (AvgIpc) is 3.28. The summed E-state index contributed by atoms with van der Waals surface area (Å²) in [4.78, 5) is 33.2. The number of nitrogens with zero attached hydrogens (tertiary/aromatic N) is 2. The van der Waals surface area contributed by atoms with Gasteiger partial charge in [0.25, 0.3) is 5.91 Å². The van der Waals surface area contributed by atoms with Crippen molar-refractivity contribution >= 4 is 33.5 Å². The predicted molar refractivity (Wildman–Crippen MR) is 114 cm³/mol. The number of hydrogen-bond acceptors (Lipinski definition) is 4. The Balaban J connectivity index is 1.55. The molecule has 0 aliphatic carbocycles. The Morgan fingerprint density at radius 1 is 1.14 bits per heavy atom. The second-order valence-corrected chi connectivity index (χ2v) is 8.60. The molecule has 0 radical (unpaired) electrons. The third-order valence-corrected chi connectivity index (χ3v) is 7.02. The van der Waals surface area contributed by atoms with Gasteiger partial charge < -0.3 is 10.2 Å². The molecule has 2 heterocycles. The lowest BCUT2D eigenvalue weighted by atomic mass is 9.87. The van der Waals surface area contributed by atoms with Crippen LogP contribution >= 0.6 is 11.3 Å². The van der Waals surface area contributed by atoms with Gasteiger partial charge in [0.15, 0.2) is 11.7 Å². The van der Waals surface area contributed by atoms with Gasteiger partial charge in [-0.1, -0.05) is 49.4 Å². The molecule has 29 heavy (non-hydrogen) atoms. The second-order valence-electron chi connectivity index (χ2n) is 7.53. The molecular weight excluding hydrogens is 384 g/mol. The lowest BCUT2D eigenvalue weighted by Gasteiger charge is -2.27. The van der Waals surface area contributed by atoms with E-state index in [1.54, 1.807) is 11.3 Å². The third kappa shape index (κ3) is 3.30. The molecule has 0 saturated carbocycles. The van der Waals surface area contributed by atoms with Gasteiger partial charge in [0.2, 0.25) is 0 Å². The number of benzene rings is 2. The highest BCUT2D eigenvalue weighted by molar-refractivity contribution is 7.18. The topological polar surface area (TPSA) is 66.7 Å². The number of nitrogens with one attached hydrogen (secondary N) is 2. The first kappa shape index (κ1) is 19.5. The molecule has 4 rings (SSSR count). The molecule has 1 aliphatic rings. The van der Waals surface area contributed by atoms with Crippen molar-refractivity contribution in [2.24, 2.45) is 0 Å². The zero-order valence-corrected chi connectivity index (χ0v) is 17.6. The van der Waals surface area contributed by atoms with Gasteiger partial charge in [0.05, 0.1) is 17.3 Å². The maximum Gasteiger partial charge on any atom is 0.329 e. The van der Waals surface area contributed by atoms with Crippen LogP contribution in [-0.2, 0) is 10.3 Å². The standard InChI is InChI=1S/C22H24N4O2S/c1-4-22(16-10-6-5-7-11-16)20(27)26(21(28)24-22)14-25(3)15(2)19-23-17-12-8-9-13-18(17)29-19/h5-13,15H,4,14H2,1-3H3,(H,24,28)/p+1/t15-,22+/m0/s1. The van der Waals surface area contributed by atoms with Crippen LogP contribution in [0.4, 0.5) is 4.79 Å². The first-order valence-corrected chi connectivity index (χ1v) is 10.7. The molecule has 1 unspecified atom stereocenters. The van der Waals surface area contributed by atoms with Crippen LogP contribution in [-0.4, -0.2) is 35.5 Å². The van der Waals surface area contributed by atoms with E-state index in [4.69, 9.17) is 4.98 Å². The summed E-state index contributed by atoms with van der Waals surface area (Å²) in [6.07, 6.45) is 0.505. The summed E-state index contributed by atoms with van der Waals surface area (Å²) in [7, 11) is 1.99. The molecule has 2 N–H and O–H groups in total. The Kier molecular flexibility index (Phi) is 5.10. The zero-order valence-electron chi connectivity index (χ0n) is 16.8. The fourth-order valence-corrected chi connectivity index (χ4v) is 4.92. The number of fused-ring (bicyclic) bond motifs is 1. The van der Waals surface area contributed by atoms with Gasteiger partial charge in [0.1, 0.15) is 11.6 Å². The van der Waals surface area contributed by atoms with Crippen molar-refractivity contribution in [1.29, 1.82) is 0 Å². The number of aromatic nitrogens is 1. The molecule has 2 aromatic carbocycles. The van der Waals surface area contributed by atoms with E-state index >= 15 is 0 Å². The molecule has 0 spiro atoms. The highest BCUT2D eigenvalue weighted by Gasteiger charge is 2.52. The molecule has 1 fully saturated rings. The largest absolute Gasteiger partial charge is 0.329 e. The molecule has 1 saturated heterocycles. The summed E-state index contributed by atoms with van der Waals surface area (Å²) in [5.41, 5.74) is 0.814. The summed E-state index contributed by atoms with van der Waals surface area (Å²) < 4.78 is 1.14. The Bertz CT molecular complexity index is 1020. The van der Waals surface area contributed by atoms with Gasteiger partial charge in [-0.3, -0.25) is 4.79 Å². The van der Waals surface area contributed by atoms with Crippen molar-refractivity contribution in [3.05, 3.63) is 65.2 Å². The number of thiazole rings is 1. The van der Waals surface area contributed by atoms with E-state index in [0.717, 1.165) is 25.7 Å². The van der Waals surface area contributed by atoms with E-state index in [1.807, 2.05) is 62.5 Å². The second kappa shape index (κ2) is 7.57. The molecule has 0 bridgehead atoms. The minimum absolute atomic E-state index is 0.0568. The number of urea groups is 1. The Labute approximate surface area is 174 Å². The van der Waals surface area contributed by atoms with Crippen molar-refractivity contribution < 1.29 is 14.5 Å². The lowest BCUT2D eigenvalue weighted by Crippen LogP contribution is -3.10. The van der Waals surface area contributed by atoms with Crippen LogP contribution < -0.4 is 10.2 Å². The number of carbonyl (C=O) groups excluding carboxylic acids is 2. The van der Waals surface area contributed by atoms with Crippen LogP contribution in [0.25, 0.3) is 10.2 Å². The van der Waals surface area contributed by atoms with Gasteiger partial charge in [-0.15, -0.1) is 11.3 Å². The van der Waals surface area contributed by atoms with Crippen LogP contribution in [0.15, 0.2) is 54.6 Å². The van der Waals surface area contributed by atoms with Crippen molar-refractivity contribution in [1.82, 2.24) is 15.2 Å². The van der Waals surface area contributed by atoms with E-state index in [9.17, 15) is 9.59 Å². The van der Waals surface area contributed by atoms with Gasteiger partial charge in [0, 0.05) is 0 Å². The molecule has 1 aromatic heterocycles. The van der Waals surface area contributed by atoms with Crippen molar-refractivity contribution in [2.45, 2.75) is 31.8 Å². The van der Waals surface area contributed by atoms with Gasteiger partial charge in [-0.25, -0.2) is 14.7 Å². The fraction of sp³-hybridized carbons (Fsp3) is 0.318. The molecular formula is C22H25N4O2S+. The van der Waals surface area contributed by atoms with Gasteiger partial charge in [-0.2, -0.15) is 0 Å². The number of hydrogen-bond donors (Lipinski definition) is 2. The van der Waals surface area contributed by atoms with E-state index in [1.165, 1.54) is 4.90 Å². The average molecular weight is 410 g/mol. The highest BCUT2D eigenvalue weighted by atomic mass is 32.1. The Morgan fingerprint density at radius 3 is 2.52 bits per heavy atom. The van der Waals surface area contributed by atoms with E-state index < -0.39 is 5.54 Å².